The number of nitrogens with one attached hydrogen (secondary N) is 2. The van der Waals surface area contributed by atoms with Gasteiger partial charge in [-0.25, -0.2) is 9.97 Å². The molecule has 0 spiro atoms. The molecule has 0 unspecified atom stereocenters. The molecule has 0 amide bonds. The second kappa shape index (κ2) is 6.58. The highest BCUT2D eigenvalue weighted by atomic mass is 16.5. The highest BCUT2D eigenvalue weighted by molar-refractivity contribution is 5.59. The number of hydrogen-bond donors (Lipinski definition) is 2. The molecule has 110 valence electrons. The number of benzene rings is 2. The number of hydrogen-bond acceptors (Lipinski definition) is 5. The molecule has 5 heteroatoms. The van der Waals surface area contributed by atoms with Crippen LogP contribution in [-0.4, -0.2) is 17.0 Å². The molecule has 0 aliphatic rings. The van der Waals surface area contributed by atoms with Gasteiger partial charge in [-0.05, 0) is 36.4 Å². The third kappa shape index (κ3) is 3.52. The third-order valence-electron chi connectivity index (χ3n) is 3.03. The maximum atomic E-state index is 5.76. The third-order valence-corrected chi connectivity index (χ3v) is 3.03. The van der Waals surface area contributed by atoms with Gasteiger partial charge in [-0.2, -0.15) is 0 Å². The normalized spacial score (nSPS) is 10.0. The van der Waals surface area contributed by atoms with Crippen LogP contribution in [0.25, 0.3) is 0 Å². The fraction of sp³-hybridized carbons (Fsp3) is 0.0588. The molecular weight excluding hydrogens is 276 g/mol. The Balaban J connectivity index is 1.68. The summed E-state index contributed by atoms with van der Waals surface area (Å²) in [5, 5.41) is 6.20. The molecule has 0 aliphatic heterocycles. The summed E-state index contributed by atoms with van der Waals surface area (Å²) in [4.78, 5) is 8.26. The molecule has 1 heterocycles. The topological polar surface area (TPSA) is 59.1 Å². The fourth-order valence-corrected chi connectivity index (χ4v) is 1.94. The van der Waals surface area contributed by atoms with Gasteiger partial charge in [0.2, 0.25) is 0 Å². The molecule has 1 aromatic heterocycles. The van der Waals surface area contributed by atoms with Crippen molar-refractivity contribution in [3.05, 3.63) is 67.0 Å². The zero-order valence-corrected chi connectivity index (χ0v) is 12.2. The molecule has 3 aromatic rings. The molecule has 0 saturated heterocycles. The van der Waals surface area contributed by atoms with E-state index in [0.717, 1.165) is 28.8 Å². The molecule has 0 aliphatic carbocycles. The SMILES string of the molecule is CNc1cc(Nc2ccc(Oc3ccccc3)cc2)ncn1. The predicted octanol–water partition coefficient (Wildman–Crippen LogP) is 4.05. The minimum absolute atomic E-state index is 0.732. The predicted molar refractivity (Wildman–Crippen MR) is 87.8 cm³/mol. The lowest BCUT2D eigenvalue weighted by Gasteiger charge is -2.09. The summed E-state index contributed by atoms with van der Waals surface area (Å²) in [6, 6.07) is 19.2. The lowest BCUT2D eigenvalue weighted by molar-refractivity contribution is 0.483. The van der Waals surface area contributed by atoms with Crippen LogP contribution in [0.2, 0.25) is 0 Å². The number of nitrogens with zero attached hydrogens (tertiary/aromatic N) is 2. The Morgan fingerprint density at radius 1 is 0.818 bits per heavy atom. The van der Waals surface area contributed by atoms with E-state index in [2.05, 4.69) is 20.6 Å². The van der Waals surface area contributed by atoms with Crippen molar-refractivity contribution in [1.82, 2.24) is 9.97 Å². The van der Waals surface area contributed by atoms with Crippen LogP contribution in [0.5, 0.6) is 11.5 Å². The number of para-hydroxylation sites is 1. The Morgan fingerprint density at radius 3 is 2.23 bits per heavy atom. The molecule has 0 radical (unpaired) electrons. The van der Waals surface area contributed by atoms with Gasteiger partial charge in [0.25, 0.3) is 0 Å². The Labute approximate surface area is 129 Å². The first-order valence-electron chi connectivity index (χ1n) is 6.93. The standard InChI is InChI=1S/C17H16N4O/c1-18-16-11-17(20-12-19-16)21-13-7-9-15(10-8-13)22-14-5-3-2-4-6-14/h2-12H,1H3,(H2,18,19,20,21). The van der Waals surface area contributed by atoms with Crippen LogP contribution in [0.15, 0.2) is 67.0 Å². The summed E-state index contributed by atoms with van der Waals surface area (Å²) in [6.45, 7) is 0. The summed E-state index contributed by atoms with van der Waals surface area (Å²) in [6.07, 6.45) is 1.51. The molecule has 0 saturated carbocycles. The van der Waals surface area contributed by atoms with Crippen LogP contribution in [0.3, 0.4) is 0 Å². The van der Waals surface area contributed by atoms with Gasteiger partial charge in [-0.15, -0.1) is 0 Å². The van der Waals surface area contributed by atoms with E-state index < -0.39 is 0 Å². The molecule has 0 bridgehead atoms. The van der Waals surface area contributed by atoms with Crippen LogP contribution in [0.4, 0.5) is 17.3 Å². The molecule has 2 aromatic carbocycles. The van der Waals surface area contributed by atoms with E-state index in [9.17, 15) is 0 Å². The summed E-state index contributed by atoms with van der Waals surface area (Å²) in [7, 11) is 1.82. The minimum atomic E-state index is 0.732. The summed E-state index contributed by atoms with van der Waals surface area (Å²) in [5.41, 5.74) is 0.932. The van der Waals surface area contributed by atoms with Gasteiger partial charge in [0.1, 0.15) is 29.5 Å². The Kier molecular flexibility index (Phi) is 4.15. The van der Waals surface area contributed by atoms with Crippen molar-refractivity contribution in [2.45, 2.75) is 0 Å². The van der Waals surface area contributed by atoms with Crippen molar-refractivity contribution in [2.75, 3.05) is 17.7 Å². The van der Waals surface area contributed by atoms with Gasteiger partial charge >= 0.3 is 0 Å². The van der Waals surface area contributed by atoms with Crippen molar-refractivity contribution in [3.8, 4) is 11.5 Å². The van der Waals surface area contributed by atoms with Gasteiger partial charge in [0, 0.05) is 18.8 Å². The first kappa shape index (κ1) is 13.9. The fourth-order valence-electron chi connectivity index (χ4n) is 1.94. The van der Waals surface area contributed by atoms with Gasteiger partial charge in [0.05, 0.1) is 0 Å². The minimum Gasteiger partial charge on any atom is -0.457 e. The van der Waals surface area contributed by atoms with Crippen LogP contribution < -0.4 is 15.4 Å². The quantitative estimate of drug-likeness (QED) is 0.742. The highest BCUT2D eigenvalue weighted by Crippen LogP contribution is 2.24. The lowest BCUT2D eigenvalue weighted by Crippen LogP contribution is -1.97. The van der Waals surface area contributed by atoms with Gasteiger partial charge in [-0.3, -0.25) is 0 Å². The van der Waals surface area contributed by atoms with Crippen molar-refractivity contribution in [3.63, 3.8) is 0 Å². The summed E-state index contributed by atoms with van der Waals surface area (Å²) in [5.74, 6) is 3.10. The molecule has 3 rings (SSSR count). The van der Waals surface area contributed by atoms with E-state index in [1.165, 1.54) is 6.33 Å². The first-order chi connectivity index (χ1) is 10.8. The second-order valence-corrected chi connectivity index (χ2v) is 4.60. The number of ether oxygens (including phenoxy) is 1. The van der Waals surface area contributed by atoms with Crippen LogP contribution in [-0.2, 0) is 0 Å². The van der Waals surface area contributed by atoms with Gasteiger partial charge in [0.15, 0.2) is 0 Å². The van der Waals surface area contributed by atoms with Crippen LogP contribution >= 0.6 is 0 Å². The number of anilines is 3. The largest absolute Gasteiger partial charge is 0.457 e. The van der Waals surface area contributed by atoms with Crippen molar-refractivity contribution >= 4 is 17.3 Å². The van der Waals surface area contributed by atoms with Crippen LogP contribution in [0.1, 0.15) is 0 Å². The van der Waals surface area contributed by atoms with E-state index in [-0.39, 0.29) is 0 Å². The van der Waals surface area contributed by atoms with E-state index in [1.807, 2.05) is 67.7 Å². The molecule has 0 atom stereocenters. The molecule has 0 fully saturated rings. The molecule has 2 N–H and O–H groups in total. The average molecular weight is 292 g/mol. The maximum absolute atomic E-state index is 5.76. The van der Waals surface area contributed by atoms with Crippen molar-refractivity contribution < 1.29 is 4.74 Å². The number of aromatic nitrogens is 2. The zero-order valence-electron chi connectivity index (χ0n) is 12.2. The van der Waals surface area contributed by atoms with Crippen molar-refractivity contribution in [2.24, 2.45) is 0 Å². The summed E-state index contributed by atoms with van der Waals surface area (Å²) < 4.78 is 5.76. The average Bonchev–Trinajstić information content (AvgIpc) is 2.58. The lowest BCUT2D eigenvalue weighted by atomic mass is 10.3. The summed E-state index contributed by atoms with van der Waals surface area (Å²) >= 11 is 0. The van der Waals surface area contributed by atoms with E-state index >= 15 is 0 Å². The number of rotatable bonds is 5. The van der Waals surface area contributed by atoms with Gasteiger partial charge < -0.3 is 15.4 Å². The Hall–Kier alpha value is -3.08. The van der Waals surface area contributed by atoms with E-state index in [1.54, 1.807) is 0 Å². The smallest absolute Gasteiger partial charge is 0.135 e. The Bertz CT molecular complexity index is 729. The maximum Gasteiger partial charge on any atom is 0.135 e. The monoisotopic (exact) mass is 292 g/mol. The molecule has 22 heavy (non-hydrogen) atoms. The van der Waals surface area contributed by atoms with Crippen molar-refractivity contribution in [1.29, 1.82) is 0 Å². The van der Waals surface area contributed by atoms with E-state index in [0.29, 0.717) is 0 Å². The first-order valence-corrected chi connectivity index (χ1v) is 6.93. The van der Waals surface area contributed by atoms with Gasteiger partial charge in [-0.1, -0.05) is 18.2 Å². The highest BCUT2D eigenvalue weighted by Gasteiger charge is 2.00. The van der Waals surface area contributed by atoms with E-state index in [4.69, 9.17) is 4.74 Å². The van der Waals surface area contributed by atoms with Crippen LogP contribution in [0, 0.1) is 0 Å². The molecular formula is C17H16N4O. The second-order valence-electron chi connectivity index (χ2n) is 4.60. The zero-order chi connectivity index (χ0) is 15.2. The molecule has 5 nitrogen and oxygen atoms in total. The Morgan fingerprint density at radius 2 is 1.50 bits per heavy atom.